The number of aromatic nitrogens is 2. The highest BCUT2D eigenvalue weighted by Gasteiger charge is 2.30. The molecular formula is C23H27N3O3S. The minimum absolute atomic E-state index is 0.122. The Morgan fingerprint density at radius 3 is 2.87 bits per heavy atom. The van der Waals surface area contributed by atoms with E-state index in [-0.39, 0.29) is 23.3 Å². The fourth-order valence-electron chi connectivity index (χ4n) is 4.09. The van der Waals surface area contributed by atoms with Crippen molar-refractivity contribution in [3.8, 4) is 0 Å². The number of piperidine rings is 1. The number of hydrogen-bond donors (Lipinski definition) is 0. The van der Waals surface area contributed by atoms with Crippen LogP contribution >= 0.6 is 11.8 Å². The first-order valence-corrected chi connectivity index (χ1v) is 11.5. The minimum Gasteiger partial charge on any atom is -0.467 e. The van der Waals surface area contributed by atoms with Crippen molar-refractivity contribution in [2.24, 2.45) is 0 Å². The molecule has 2 atom stereocenters. The second-order valence-corrected chi connectivity index (χ2v) is 9.04. The third-order valence-corrected chi connectivity index (χ3v) is 6.81. The molecule has 3 heterocycles. The summed E-state index contributed by atoms with van der Waals surface area (Å²) in [6, 6.07) is 11.3. The number of furan rings is 1. The number of likely N-dealkylation sites (tertiary alicyclic amines) is 1. The molecule has 0 spiro atoms. The zero-order chi connectivity index (χ0) is 21.1. The summed E-state index contributed by atoms with van der Waals surface area (Å²) < 4.78 is 7.08. The molecule has 1 amide bonds. The van der Waals surface area contributed by atoms with Crippen molar-refractivity contribution in [2.45, 2.75) is 62.5 Å². The van der Waals surface area contributed by atoms with Gasteiger partial charge < -0.3 is 9.32 Å². The Labute approximate surface area is 180 Å². The predicted octanol–water partition coefficient (Wildman–Crippen LogP) is 4.31. The van der Waals surface area contributed by atoms with Crippen LogP contribution in [0.4, 0.5) is 0 Å². The number of thioether (sulfide) groups is 1. The molecule has 1 saturated heterocycles. The standard InChI is InChI=1S/C23H27N3O3S/c1-3-17-9-6-7-13-25(17)21(27)16(2)30-23-24-20-12-5-4-11-19(20)22(28)26(23)15-18-10-8-14-29-18/h4-5,8,10-12,14,16-17H,3,6-7,9,13,15H2,1-2H3. The molecule has 158 valence electrons. The molecule has 3 aromatic rings. The van der Waals surface area contributed by atoms with Gasteiger partial charge in [-0.1, -0.05) is 30.8 Å². The van der Waals surface area contributed by atoms with Crippen LogP contribution in [0.25, 0.3) is 10.9 Å². The van der Waals surface area contributed by atoms with Gasteiger partial charge in [0.15, 0.2) is 5.16 Å². The molecule has 1 aliphatic heterocycles. The Kier molecular flexibility index (Phi) is 6.27. The number of para-hydroxylation sites is 1. The van der Waals surface area contributed by atoms with Crippen molar-refractivity contribution in [3.05, 3.63) is 58.8 Å². The topological polar surface area (TPSA) is 68.3 Å². The van der Waals surface area contributed by atoms with Crippen LogP contribution in [0.5, 0.6) is 0 Å². The first-order valence-electron chi connectivity index (χ1n) is 10.6. The first-order chi connectivity index (χ1) is 14.6. The molecule has 30 heavy (non-hydrogen) atoms. The second kappa shape index (κ2) is 9.08. The van der Waals surface area contributed by atoms with Crippen LogP contribution in [-0.2, 0) is 11.3 Å². The van der Waals surface area contributed by atoms with Crippen molar-refractivity contribution < 1.29 is 9.21 Å². The third kappa shape index (κ3) is 4.17. The number of amides is 1. The van der Waals surface area contributed by atoms with Gasteiger partial charge in [0.05, 0.1) is 29.0 Å². The molecule has 1 aliphatic rings. The number of hydrogen-bond acceptors (Lipinski definition) is 5. The smallest absolute Gasteiger partial charge is 0.262 e. The SMILES string of the molecule is CCC1CCCCN1C(=O)C(C)Sc1nc2ccccc2c(=O)n1Cc1ccco1. The van der Waals surface area contributed by atoms with Crippen LogP contribution in [0.15, 0.2) is 57.0 Å². The summed E-state index contributed by atoms with van der Waals surface area (Å²) in [5, 5.41) is 0.781. The maximum absolute atomic E-state index is 13.2. The van der Waals surface area contributed by atoms with Gasteiger partial charge in [-0.15, -0.1) is 0 Å². The lowest BCUT2D eigenvalue weighted by Gasteiger charge is -2.36. The maximum Gasteiger partial charge on any atom is 0.262 e. The zero-order valence-electron chi connectivity index (χ0n) is 17.4. The highest BCUT2D eigenvalue weighted by Crippen LogP contribution is 2.28. The van der Waals surface area contributed by atoms with Crippen molar-refractivity contribution in [1.29, 1.82) is 0 Å². The van der Waals surface area contributed by atoms with E-state index in [0.717, 1.165) is 25.8 Å². The Hall–Kier alpha value is -2.54. The Bertz CT molecular complexity index is 1080. The van der Waals surface area contributed by atoms with Gasteiger partial charge in [-0.25, -0.2) is 4.98 Å². The van der Waals surface area contributed by atoms with E-state index in [2.05, 4.69) is 6.92 Å². The summed E-state index contributed by atoms with van der Waals surface area (Å²) in [5.41, 5.74) is 0.522. The number of carbonyl (C=O) groups excluding carboxylic acids is 1. The fraction of sp³-hybridized carbons (Fsp3) is 0.435. The lowest BCUT2D eigenvalue weighted by atomic mass is 10.00. The lowest BCUT2D eigenvalue weighted by Crippen LogP contribution is -2.46. The van der Waals surface area contributed by atoms with E-state index in [0.29, 0.717) is 27.9 Å². The third-order valence-electron chi connectivity index (χ3n) is 5.73. The quantitative estimate of drug-likeness (QED) is 0.435. The van der Waals surface area contributed by atoms with E-state index in [1.807, 2.05) is 36.1 Å². The Balaban J connectivity index is 1.66. The predicted molar refractivity (Wildman–Crippen MR) is 119 cm³/mol. The Morgan fingerprint density at radius 1 is 1.27 bits per heavy atom. The maximum atomic E-state index is 13.2. The van der Waals surface area contributed by atoms with Gasteiger partial charge in [0.1, 0.15) is 5.76 Å². The molecule has 7 heteroatoms. The number of carbonyl (C=O) groups is 1. The van der Waals surface area contributed by atoms with E-state index in [9.17, 15) is 9.59 Å². The van der Waals surface area contributed by atoms with Crippen LogP contribution < -0.4 is 5.56 Å². The van der Waals surface area contributed by atoms with Crippen molar-refractivity contribution >= 4 is 28.6 Å². The number of benzene rings is 1. The second-order valence-electron chi connectivity index (χ2n) is 7.73. The van der Waals surface area contributed by atoms with E-state index in [1.54, 1.807) is 23.0 Å². The average Bonchev–Trinajstić information content (AvgIpc) is 3.29. The highest BCUT2D eigenvalue weighted by molar-refractivity contribution is 8.00. The van der Waals surface area contributed by atoms with E-state index in [4.69, 9.17) is 9.40 Å². The molecule has 0 aliphatic carbocycles. The number of fused-ring (bicyclic) bond motifs is 1. The normalized spacial score (nSPS) is 17.9. The number of rotatable bonds is 6. The van der Waals surface area contributed by atoms with E-state index < -0.39 is 0 Å². The molecule has 2 unspecified atom stereocenters. The highest BCUT2D eigenvalue weighted by atomic mass is 32.2. The monoisotopic (exact) mass is 425 g/mol. The summed E-state index contributed by atoms with van der Waals surface area (Å²) in [4.78, 5) is 33.2. The molecule has 2 aromatic heterocycles. The van der Waals surface area contributed by atoms with Gasteiger partial charge in [-0.05, 0) is 56.9 Å². The molecule has 1 aromatic carbocycles. The summed E-state index contributed by atoms with van der Waals surface area (Å²) in [5.74, 6) is 0.801. The van der Waals surface area contributed by atoms with Crippen LogP contribution in [0.3, 0.4) is 0 Å². The molecule has 1 fully saturated rings. The van der Waals surface area contributed by atoms with E-state index in [1.165, 1.54) is 18.2 Å². The molecule has 0 radical (unpaired) electrons. The largest absolute Gasteiger partial charge is 0.467 e. The molecule has 0 saturated carbocycles. The molecule has 0 N–H and O–H groups in total. The summed E-state index contributed by atoms with van der Waals surface area (Å²) in [6.45, 7) is 5.15. The fourth-order valence-corrected chi connectivity index (χ4v) is 5.07. The average molecular weight is 426 g/mol. The number of nitrogens with zero attached hydrogens (tertiary/aromatic N) is 3. The van der Waals surface area contributed by atoms with Crippen molar-refractivity contribution in [3.63, 3.8) is 0 Å². The van der Waals surface area contributed by atoms with Gasteiger partial charge in [0, 0.05) is 12.6 Å². The van der Waals surface area contributed by atoms with Crippen LogP contribution in [-0.4, -0.2) is 38.2 Å². The van der Waals surface area contributed by atoms with Gasteiger partial charge in [0.2, 0.25) is 5.91 Å². The van der Waals surface area contributed by atoms with Gasteiger partial charge in [-0.2, -0.15) is 0 Å². The minimum atomic E-state index is -0.326. The van der Waals surface area contributed by atoms with Crippen LogP contribution in [0.1, 0.15) is 45.3 Å². The summed E-state index contributed by atoms with van der Waals surface area (Å²) in [6.07, 6.45) is 5.86. The van der Waals surface area contributed by atoms with Gasteiger partial charge >= 0.3 is 0 Å². The summed E-state index contributed by atoms with van der Waals surface area (Å²) in [7, 11) is 0. The molecule has 6 nitrogen and oxygen atoms in total. The molecular weight excluding hydrogens is 398 g/mol. The van der Waals surface area contributed by atoms with E-state index >= 15 is 0 Å². The van der Waals surface area contributed by atoms with Crippen molar-refractivity contribution in [1.82, 2.24) is 14.5 Å². The van der Waals surface area contributed by atoms with Gasteiger partial charge in [-0.3, -0.25) is 14.2 Å². The van der Waals surface area contributed by atoms with Crippen molar-refractivity contribution in [2.75, 3.05) is 6.54 Å². The lowest BCUT2D eigenvalue weighted by molar-refractivity contribution is -0.134. The first kappa shape index (κ1) is 20.7. The van der Waals surface area contributed by atoms with Crippen LogP contribution in [0.2, 0.25) is 0 Å². The zero-order valence-corrected chi connectivity index (χ0v) is 18.2. The molecule has 4 rings (SSSR count). The Morgan fingerprint density at radius 2 is 2.10 bits per heavy atom. The van der Waals surface area contributed by atoms with Crippen LogP contribution in [0, 0.1) is 0 Å². The summed E-state index contributed by atoms with van der Waals surface area (Å²) >= 11 is 1.35. The molecule has 0 bridgehead atoms. The van der Waals surface area contributed by atoms with Gasteiger partial charge in [0.25, 0.3) is 5.56 Å².